The van der Waals surface area contributed by atoms with Crippen molar-refractivity contribution in [1.29, 1.82) is 0 Å². The Bertz CT molecular complexity index is 467. The van der Waals surface area contributed by atoms with Gasteiger partial charge in [-0.2, -0.15) is 12.7 Å². The Kier molecular flexibility index (Phi) is 3.02. The maximum Gasteiger partial charge on any atom is 0.301 e. The van der Waals surface area contributed by atoms with Crippen molar-refractivity contribution in [3.8, 4) is 5.75 Å². The van der Waals surface area contributed by atoms with Crippen LogP contribution in [-0.4, -0.2) is 30.9 Å². The fourth-order valence-electron chi connectivity index (χ4n) is 1.69. The minimum absolute atomic E-state index is 0.0646. The van der Waals surface area contributed by atoms with Crippen LogP contribution in [0, 0.1) is 0 Å². The average molecular weight is 242 g/mol. The SMILES string of the molecule is O=S(=O)(Nc1ccccc1O)N1CCCC1. The Morgan fingerprint density at radius 1 is 1.19 bits per heavy atom. The van der Waals surface area contributed by atoms with Crippen molar-refractivity contribution in [2.24, 2.45) is 0 Å². The Balaban J connectivity index is 2.18. The molecule has 0 amide bonds. The molecule has 2 N–H and O–H groups in total. The van der Waals surface area contributed by atoms with Crippen LogP contribution in [0.5, 0.6) is 5.75 Å². The molecular formula is C10H14N2O3S. The third kappa shape index (κ3) is 2.28. The summed E-state index contributed by atoms with van der Waals surface area (Å²) in [6.45, 7) is 1.09. The van der Waals surface area contributed by atoms with E-state index in [1.54, 1.807) is 12.1 Å². The van der Waals surface area contributed by atoms with E-state index in [0.717, 1.165) is 12.8 Å². The number of aromatic hydroxyl groups is 1. The smallest absolute Gasteiger partial charge is 0.301 e. The molecule has 1 aromatic carbocycles. The molecule has 1 fully saturated rings. The predicted molar refractivity (Wildman–Crippen MR) is 61.5 cm³/mol. The predicted octanol–water partition coefficient (Wildman–Crippen LogP) is 1.14. The number of hydrogen-bond acceptors (Lipinski definition) is 3. The molecule has 1 aliphatic heterocycles. The molecule has 0 atom stereocenters. The monoisotopic (exact) mass is 242 g/mol. The van der Waals surface area contributed by atoms with E-state index in [2.05, 4.69) is 4.72 Å². The Hall–Kier alpha value is -1.27. The number of phenolic OH excluding ortho intramolecular Hbond substituents is 1. The number of hydrogen-bond donors (Lipinski definition) is 2. The molecular weight excluding hydrogens is 228 g/mol. The van der Waals surface area contributed by atoms with Gasteiger partial charge >= 0.3 is 10.2 Å². The molecule has 5 nitrogen and oxygen atoms in total. The van der Waals surface area contributed by atoms with Crippen molar-refractivity contribution < 1.29 is 13.5 Å². The van der Waals surface area contributed by atoms with Gasteiger partial charge in [0.15, 0.2) is 0 Å². The lowest BCUT2D eigenvalue weighted by molar-refractivity contribution is 0.472. The standard InChI is InChI=1S/C10H14N2O3S/c13-10-6-2-1-5-9(10)11-16(14,15)12-7-3-4-8-12/h1-2,5-6,11,13H,3-4,7-8H2. The zero-order valence-electron chi connectivity index (χ0n) is 8.76. The molecule has 6 heteroatoms. The highest BCUT2D eigenvalue weighted by Gasteiger charge is 2.25. The molecule has 0 spiro atoms. The van der Waals surface area contributed by atoms with Gasteiger partial charge in [0.1, 0.15) is 5.75 Å². The van der Waals surface area contributed by atoms with Crippen LogP contribution in [0.15, 0.2) is 24.3 Å². The summed E-state index contributed by atoms with van der Waals surface area (Å²) >= 11 is 0. The fourth-order valence-corrected chi connectivity index (χ4v) is 3.01. The summed E-state index contributed by atoms with van der Waals surface area (Å²) in [5, 5.41) is 9.47. The molecule has 0 bridgehead atoms. The van der Waals surface area contributed by atoms with Crippen LogP contribution in [0.3, 0.4) is 0 Å². The molecule has 0 aliphatic carbocycles. The number of para-hydroxylation sites is 2. The van der Waals surface area contributed by atoms with Crippen LogP contribution in [0.4, 0.5) is 5.69 Å². The number of benzene rings is 1. The number of nitrogens with zero attached hydrogens (tertiary/aromatic N) is 1. The summed E-state index contributed by atoms with van der Waals surface area (Å²) in [7, 11) is -3.51. The van der Waals surface area contributed by atoms with E-state index in [1.807, 2.05) is 0 Å². The van der Waals surface area contributed by atoms with Gasteiger partial charge in [-0.05, 0) is 25.0 Å². The molecule has 1 aliphatic rings. The van der Waals surface area contributed by atoms with E-state index in [-0.39, 0.29) is 11.4 Å². The van der Waals surface area contributed by atoms with Gasteiger partial charge < -0.3 is 5.11 Å². The topological polar surface area (TPSA) is 69.6 Å². The van der Waals surface area contributed by atoms with E-state index >= 15 is 0 Å². The quantitative estimate of drug-likeness (QED) is 0.781. The third-order valence-electron chi connectivity index (χ3n) is 2.55. The fraction of sp³-hybridized carbons (Fsp3) is 0.400. The van der Waals surface area contributed by atoms with Gasteiger partial charge in [0, 0.05) is 13.1 Å². The highest BCUT2D eigenvalue weighted by molar-refractivity contribution is 7.90. The second kappa shape index (κ2) is 4.31. The first kappa shape index (κ1) is 11.2. The minimum Gasteiger partial charge on any atom is -0.506 e. The number of phenols is 1. The second-order valence-corrected chi connectivity index (χ2v) is 5.40. The molecule has 2 rings (SSSR count). The van der Waals surface area contributed by atoms with Gasteiger partial charge in [-0.25, -0.2) is 0 Å². The van der Waals surface area contributed by atoms with Crippen molar-refractivity contribution in [1.82, 2.24) is 4.31 Å². The molecule has 16 heavy (non-hydrogen) atoms. The van der Waals surface area contributed by atoms with Crippen LogP contribution in [0.2, 0.25) is 0 Å². The number of nitrogens with one attached hydrogen (secondary N) is 1. The van der Waals surface area contributed by atoms with Gasteiger partial charge in [0.05, 0.1) is 5.69 Å². The Labute approximate surface area is 94.9 Å². The maximum atomic E-state index is 11.9. The van der Waals surface area contributed by atoms with Crippen molar-refractivity contribution in [3.63, 3.8) is 0 Å². The molecule has 0 aromatic heterocycles. The van der Waals surface area contributed by atoms with Gasteiger partial charge in [-0.15, -0.1) is 0 Å². The molecule has 1 saturated heterocycles. The van der Waals surface area contributed by atoms with Crippen LogP contribution in [0.1, 0.15) is 12.8 Å². The lowest BCUT2D eigenvalue weighted by Crippen LogP contribution is -2.33. The lowest BCUT2D eigenvalue weighted by atomic mass is 10.3. The van der Waals surface area contributed by atoms with Crippen molar-refractivity contribution >= 4 is 15.9 Å². The zero-order chi connectivity index (χ0) is 11.6. The van der Waals surface area contributed by atoms with E-state index in [4.69, 9.17) is 0 Å². The summed E-state index contributed by atoms with van der Waals surface area (Å²) in [6.07, 6.45) is 1.78. The zero-order valence-corrected chi connectivity index (χ0v) is 9.57. The van der Waals surface area contributed by atoms with E-state index in [9.17, 15) is 13.5 Å². The lowest BCUT2D eigenvalue weighted by Gasteiger charge is -2.17. The second-order valence-electron chi connectivity index (χ2n) is 3.73. The molecule has 1 aromatic rings. The minimum atomic E-state index is -3.51. The third-order valence-corrected chi connectivity index (χ3v) is 4.07. The van der Waals surface area contributed by atoms with Crippen LogP contribution in [0.25, 0.3) is 0 Å². The molecule has 88 valence electrons. The van der Waals surface area contributed by atoms with Gasteiger partial charge in [-0.1, -0.05) is 12.1 Å². The maximum absolute atomic E-state index is 11.9. The van der Waals surface area contributed by atoms with Crippen LogP contribution < -0.4 is 4.72 Å². The average Bonchev–Trinajstić information content (AvgIpc) is 2.75. The van der Waals surface area contributed by atoms with Crippen molar-refractivity contribution in [2.75, 3.05) is 17.8 Å². The van der Waals surface area contributed by atoms with Crippen LogP contribution >= 0.6 is 0 Å². The highest BCUT2D eigenvalue weighted by Crippen LogP contribution is 2.24. The highest BCUT2D eigenvalue weighted by atomic mass is 32.2. The van der Waals surface area contributed by atoms with E-state index < -0.39 is 10.2 Å². The van der Waals surface area contributed by atoms with Gasteiger partial charge in [0.25, 0.3) is 0 Å². The van der Waals surface area contributed by atoms with Crippen LogP contribution in [-0.2, 0) is 10.2 Å². The Morgan fingerprint density at radius 2 is 1.81 bits per heavy atom. The van der Waals surface area contributed by atoms with Gasteiger partial charge in [0.2, 0.25) is 0 Å². The molecule has 0 radical (unpaired) electrons. The first-order valence-corrected chi connectivity index (χ1v) is 6.59. The van der Waals surface area contributed by atoms with Crippen molar-refractivity contribution in [3.05, 3.63) is 24.3 Å². The molecule has 1 heterocycles. The summed E-state index contributed by atoms with van der Waals surface area (Å²) in [5.74, 6) is -0.0646. The number of anilines is 1. The summed E-state index contributed by atoms with van der Waals surface area (Å²) in [4.78, 5) is 0. The first-order valence-electron chi connectivity index (χ1n) is 5.15. The molecule has 0 saturated carbocycles. The molecule has 0 unspecified atom stereocenters. The summed E-state index contributed by atoms with van der Waals surface area (Å²) in [5.41, 5.74) is 0.217. The van der Waals surface area contributed by atoms with E-state index in [0.29, 0.717) is 13.1 Å². The number of rotatable bonds is 3. The normalized spacial score (nSPS) is 17.5. The summed E-state index contributed by atoms with van der Waals surface area (Å²) < 4.78 is 27.5. The largest absolute Gasteiger partial charge is 0.506 e. The van der Waals surface area contributed by atoms with E-state index in [1.165, 1.54) is 16.4 Å². The van der Waals surface area contributed by atoms with Crippen molar-refractivity contribution in [2.45, 2.75) is 12.8 Å². The first-order chi connectivity index (χ1) is 7.59. The summed E-state index contributed by atoms with van der Waals surface area (Å²) in [6, 6.07) is 6.29. The Morgan fingerprint density at radius 3 is 2.44 bits per heavy atom. The van der Waals surface area contributed by atoms with Gasteiger partial charge in [-0.3, -0.25) is 4.72 Å².